The van der Waals surface area contributed by atoms with E-state index in [-0.39, 0.29) is 9.79 Å². The van der Waals surface area contributed by atoms with Crippen LogP contribution < -0.4 is 0 Å². The number of benzene rings is 2. The van der Waals surface area contributed by atoms with Crippen molar-refractivity contribution >= 4 is 65.4 Å². The Morgan fingerprint density at radius 3 is 1.25 bits per heavy atom. The van der Waals surface area contributed by atoms with Crippen LogP contribution in [-0.4, -0.2) is 25.9 Å². The third-order valence-electron chi connectivity index (χ3n) is 3.52. The van der Waals surface area contributed by atoms with Gasteiger partial charge in [0.25, 0.3) is 20.2 Å². The molecule has 0 radical (unpaired) electrons. The Hall–Kier alpha value is -0.280. The second kappa shape index (κ2) is 6.79. The first kappa shape index (κ1) is 20.0. The standard InChI is InChI=1S/C14H12I2O6S2/c1-7-9(3-5-11(15)13(7)23(17,18)19)10-4-6-12(16)14(8(10)2)24(20,21)22/h3-6H,1-2H3,(H,17,18,19)(H,20,21,22). The number of rotatable bonds is 3. The highest BCUT2D eigenvalue weighted by atomic mass is 127. The maximum absolute atomic E-state index is 11.6. The summed E-state index contributed by atoms with van der Waals surface area (Å²) in [6.45, 7) is 3.07. The van der Waals surface area contributed by atoms with E-state index in [1.165, 1.54) is 26.0 Å². The first-order chi connectivity index (χ1) is 10.9. The van der Waals surface area contributed by atoms with Gasteiger partial charge in [0.1, 0.15) is 9.79 Å². The molecule has 0 unspecified atom stereocenters. The highest BCUT2D eigenvalue weighted by Crippen LogP contribution is 2.36. The van der Waals surface area contributed by atoms with Crippen molar-refractivity contribution in [2.45, 2.75) is 23.6 Å². The quantitative estimate of drug-likeness (QED) is 0.415. The minimum atomic E-state index is -4.43. The van der Waals surface area contributed by atoms with E-state index in [1.807, 2.05) is 0 Å². The predicted octanol–water partition coefficient (Wildman–Crippen LogP) is 3.67. The second-order valence-corrected chi connectivity index (χ2v) is 10.1. The number of halogens is 2. The van der Waals surface area contributed by atoms with Gasteiger partial charge in [0.05, 0.1) is 0 Å². The van der Waals surface area contributed by atoms with Gasteiger partial charge in [-0.05, 0) is 93.4 Å². The van der Waals surface area contributed by atoms with Crippen LogP contribution in [0.2, 0.25) is 0 Å². The lowest BCUT2D eigenvalue weighted by atomic mass is 9.97. The zero-order valence-electron chi connectivity index (χ0n) is 12.4. The number of hydrogen-bond donors (Lipinski definition) is 2. The Morgan fingerprint density at radius 2 is 1.00 bits per heavy atom. The van der Waals surface area contributed by atoms with Gasteiger partial charge in [0.2, 0.25) is 0 Å². The molecule has 0 heterocycles. The molecule has 2 aromatic carbocycles. The van der Waals surface area contributed by atoms with Gasteiger partial charge in [-0.25, -0.2) is 0 Å². The minimum absolute atomic E-state index is 0.216. The fraction of sp³-hybridized carbons (Fsp3) is 0.143. The third-order valence-corrected chi connectivity index (χ3v) is 8.14. The lowest BCUT2D eigenvalue weighted by Crippen LogP contribution is -2.07. The summed E-state index contributed by atoms with van der Waals surface area (Å²) in [6.07, 6.45) is 0. The SMILES string of the molecule is Cc1c(-c2ccc(I)c(S(=O)(=O)O)c2C)ccc(I)c1S(=O)(=O)O. The summed E-state index contributed by atoms with van der Waals surface area (Å²) in [6, 6.07) is 6.34. The van der Waals surface area contributed by atoms with Crippen molar-refractivity contribution in [3.8, 4) is 11.1 Å². The normalized spacial score (nSPS) is 12.4. The van der Waals surface area contributed by atoms with E-state index in [2.05, 4.69) is 0 Å². The van der Waals surface area contributed by atoms with Crippen LogP contribution in [0.4, 0.5) is 0 Å². The molecule has 0 atom stereocenters. The zero-order valence-corrected chi connectivity index (χ0v) is 18.4. The highest BCUT2D eigenvalue weighted by Gasteiger charge is 2.24. The van der Waals surface area contributed by atoms with Crippen LogP contribution in [0.1, 0.15) is 11.1 Å². The molecule has 0 spiro atoms. The summed E-state index contributed by atoms with van der Waals surface area (Å²) >= 11 is 3.61. The Morgan fingerprint density at radius 1 is 0.708 bits per heavy atom. The zero-order chi connectivity index (χ0) is 18.4. The van der Waals surface area contributed by atoms with Crippen LogP contribution in [0.3, 0.4) is 0 Å². The summed E-state index contributed by atoms with van der Waals surface area (Å²) < 4.78 is 66.2. The molecule has 10 heteroatoms. The number of hydrogen-bond acceptors (Lipinski definition) is 4. The van der Waals surface area contributed by atoms with Crippen molar-refractivity contribution in [1.82, 2.24) is 0 Å². The van der Waals surface area contributed by atoms with E-state index >= 15 is 0 Å². The molecule has 0 aliphatic heterocycles. The van der Waals surface area contributed by atoms with Gasteiger partial charge in [0, 0.05) is 7.14 Å². The molecule has 2 aromatic rings. The first-order valence-corrected chi connectivity index (χ1v) is 11.4. The van der Waals surface area contributed by atoms with Crippen molar-refractivity contribution in [3.05, 3.63) is 42.5 Å². The molecule has 0 saturated heterocycles. The van der Waals surface area contributed by atoms with E-state index < -0.39 is 20.2 Å². The lowest BCUT2D eigenvalue weighted by Gasteiger charge is -2.16. The highest BCUT2D eigenvalue weighted by molar-refractivity contribution is 14.1. The topological polar surface area (TPSA) is 109 Å². The minimum Gasteiger partial charge on any atom is -0.282 e. The van der Waals surface area contributed by atoms with Crippen molar-refractivity contribution in [1.29, 1.82) is 0 Å². The molecule has 0 saturated carbocycles. The Kier molecular flexibility index (Phi) is 5.67. The van der Waals surface area contributed by atoms with E-state index in [0.29, 0.717) is 29.4 Å². The van der Waals surface area contributed by atoms with Crippen LogP contribution in [-0.2, 0) is 20.2 Å². The van der Waals surface area contributed by atoms with Crippen LogP contribution in [0.15, 0.2) is 34.1 Å². The van der Waals surface area contributed by atoms with Crippen molar-refractivity contribution < 1.29 is 25.9 Å². The second-order valence-electron chi connectivity index (χ2n) is 5.05. The molecule has 0 aliphatic rings. The van der Waals surface area contributed by atoms with Gasteiger partial charge in [-0.15, -0.1) is 0 Å². The summed E-state index contributed by atoms with van der Waals surface area (Å²) in [4.78, 5) is -0.432. The molecular formula is C14H12I2O6S2. The molecule has 24 heavy (non-hydrogen) atoms. The molecular weight excluding hydrogens is 582 g/mol. The third kappa shape index (κ3) is 3.77. The molecule has 0 aromatic heterocycles. The smallest absolute Gasteiger partial charge is 0.282 e. The van der Waals surface area contributed by atoms with Gasteiger partial charge in [-0.3, -0.25) is 9.11 Å². The van der Waals surface area contributed by atoms with E-state index in [9.17, 15) is 25.9 Å². The molecule has 0 fully saturated rings. The molecule has 2 N–H and O–H groups in total. The summed E-state index contributed by atoms with van der Waals surface area (Å²) in [7, 11) is -8.86. The van der Waals surface area contributed by atoms with Gasteiger partial charge in [-0.1, -0.05) is 12.1 Å². The average Bonchev–Trinajstić information content (AvgIpc) is 2.37. The van der Waals surface area contributed by atoms with Crippen molar-refractivity contribution in [2.24, 2.45) is 0 Å². The van der Waals surface area contributed by atoms with Crippen LogP contribution in [0.25, 0.3) is 11.1 Å². The Balaban J connectivity index is 2.90. The maximum atomic E-state index is 11.6. The average molecular weight is 594 g/mol. The van der Waals surface area contributed by atoms with Crippen molar-refractivity contribution in [3.63, 3.8) is 0 Å². The summed E-state index contributed by atoms with van der Waals surface area (Å²) in [5.41, 5.74) is 1.52. The molecule has 6 nitrogen and oxygen atoms in total. The van der Waals surface area contributed by atoms with Gasteiger partial charge in [0.15, 0.2) is 0 Å². The fourth-order valence-corrected chi connectivity index (χ4v) is 7.00. The predicted molar refractivity (Wildman–Crippen MR) is 106 cm³/mol. The molecule has 0 aliphatic carbocycles. The van der Waals surface area contributed by atoms with E-state index in [1.54, 1.807) is 57.3 Å². The van der Waals surface area contributed by atoms with E-state index in [0.717, 1.165) is 0 Å². The molecule has 0 bridgehead atoms. The van der Waals surface area contributed by atoms with Crippen LogP contribution >= 0.6 is 45.2 Å². The molecule has 130 valence electrons. The summed E-state index contributed by atoms with van der Waals surface area (Å²) in [5, 5.41) is 0. The maximum Gasteiger partial charge on any atom is 0.295 e. The summed E-state index contributed by atoms with van der Waals surface area (Å²) in [5.74, 6) is 0. The van der Waals surface area contributed by atoms with Crippen molar-refractivity contribution in [2.75, 3.05) is 0 Å². The molecule has 0 amide bonds. The lowest BCUT2D eigenvalue weighted by molar-refractivity contribution is 0.479. The van der Waals surface area contributed by atoms with Crippen LogP contribution in [0, 0.1) is 21.0 Å². The van der Waals surface area contributed by atoms with E-state index in [4.69, 9.17) is 0 Å². The Bertz CT molecular complexity index is 958. The Labute approximate surface area is 167 Å². The largest absolute Gasteiger partial charge is 0.295 e. The van der Waals surface area contributed by atoms with Gasteiger partial charge >= 0.3 is 0 Å². The monoisotopic (exact) mass is 594 g/mol. The fourth-order valence-electron chi connectivity index (χ4n) is 2.53. The van der Waals surface area contributed by atoms with Gasteiger partial charge < -0.3 is 0 Å². The first-order valence-electron chi connectivity index (χ1n) is 6.39. The van der Waals surface area contributed by atoms with Crippen LogP contribution in [0.5, 0.6) is 0 Å². The molecule has 2 rings (SSSR count). The van der Waals surface area contributed by atoms with Gasteiger partial charge in [-0.2, -0.15) is 16.8 Å².